The topological polar surface area (TPSA) is 29.0 Å². The van der Waals surface area contributed by atoms with Gasteiger partial charge in [-0.1, -0.05) is 30.0 Å². The van der Waals surface area contributed by atoms with Crippen LogP contribution in [0.2, 0.25) is 0 Å². The monoisotopic (exact) mass is 385 g/mol. The largest absolute Gasteiger partial charge is 0.416 e. The van der Waals surface area contributed by atoms with E-state index in [1.165, 1.54) is 48.5 Å². The molecule has 25 heavy (non-hydrogen) atoms. The van der Waals surface area contributed by atoms with Crippen LogP contribution in [0.15, 0.2) is 29.3 Å². The second-order valence-corrected chi connectivity index (χ2v) is 8.20. The summed E-state index contributed by atoms with van der Waals surface area (Å²) in [6, 6.07) is 5.53. The lowest BCUT2D eigenvalue weighted by molar-refractivity contribution is -0.137. The molecule has 2 bridgehead atoms. The van der Waals surface area contributed by atoms with Gasteiger partial charge in [-0.2, -0.15) is 21.9 Å². The average Bonchev–Trinajstić information content (AvgIpc) is 3.16. The number of fused-ring (bicyclic) bond motifs is 2. The summed E-state index contributed by atoms with van der Waals surface area (Å²) in [6.45, 7) is 3.34. The van der Waals surface area contributed by atoms with E-state index in [0.717, 1.165) is 36.4 Å². The van der Waals surface area contributed by atoms with E-state index in [-0.39, 0.29) is 0 Å². The first-order valence-corrected chi connectivity index (χ1v) is 10.1. The Morgan fingerprint density at radius 2 is 2.12 bits per heavy atom. The van der Waals surface area contributed by atoms with E-state index in [4.69, 9.17) is 0 Å². The number of thioether (sulfide) groups is 1. The van der Waals surface area contributed by atoms with Crippen molar-refractivity contribution in [3.05, 3.63) is 41.1 Å². The van der Waals surface area contributed by atoms with E-state index < -0.39 is 11.7 Å². The third-order valence-electron chi connectivity index (χ3n) is 5.03. The third-order valence-corrected chi connectivity index (χ3v) is 6.74. The Morgan fingerprint density at radius 3 is 2.92 bits per heavy atom. The molecule has 2 aliphatic heterocycles. The molecule has 0 aliphatic carbocycles. The zero-order chi connectivity index (χ0) is 17.4. The Bertz CT molecular complexity index is 747. The van der Waals surface area contributed by atoms with E-state index in [1.807, 2.05) is 0 Å². The predicted molar refractivity (Wildman–Crippen MR) is 92.8 cm³/mol. The molecule has 0 saturated carbocycles. The Hall–Kier alpha value is -1.12. The minimum absolute atomic E-state index is 0.422. The number of rotatable bonds is 4. The van der Waals surface area contributed by atoms with Crippen LogP contribution in [0.1, 0.15) is 35.6 Å². The Labute approximate surface area is 153 Å². The van der Waals surface area contributed by atoms with Gasteiger partial charge in [0.1, 0.15) is 5.03 Å². The molecule has 3 atom stereocenters. The number of aromatic nitrogens is 2. The molecular weight excluding hydrogens is 367 g/mol. The molecule has 0 spiro atoms. The summed E-state index contributed by atoms with van der Waals surface area (Å²) >= 11 is 2.71. The van der Waals surface area contributed by atoms with Crippen LogP contribution in [0, 0.1) is 5.92 Å². The summed E-state index contributed by atoms with van der Waals surface area (Å²) in [5.41, 5.74) is 1.11. The van der Waals surface area contributed by atoms with Crippen molar-refractivity contribution in [3.63, 3.8) is 0 Å². The van der Waals surface area contributed by atoms with Gasteiger partial charge in [0.25, 0.3) is 0 Å². The van der Waals surface area contributed by atoms with Crippen molar-refractivity contribution < 1.29 is 13.2 Å². The lowest BCUT2D eigenvalue weighted by Crippen LogP contribution is -2.25. The van der Waals surface area contributed by atoms with Crippen LogP contribution in [0.5, 0.6) is 0 Å². The van der Waals surface area contributed by atoms with Gasteiger partial charge in [-0.15, -0.1) is 0 Å². The first-order valence-electron chi connectivity index (χ1n) is 8.34. The fourth-order valence-corrected chi connectivity index (χ4v) is 5.54. The van der Waals surface area contributed by atoms with Crippen LogP contribution in [0.25, 0.3) is 0 Å². The standard InChI is InChI=1S/C17H18F3N3S2/c18-17(19,20)13-5-1-3-11(7-13)10-24-16-15(21-25-22-16)14-9-23-6-2-4-12(14)8-23/h1,3,5,7,12,14H,2,4,6,8-10H2. The second-order valence-electron chi connectivity index (χ2n) is 6.71. The number of benzene rings is 1. The first kappa shape index (κ1) is 17.3. The van der Waals surface area contributed by atoms with E-state index in [9.17, 15) is 13.2 Å². The zero-order valence-corrected chi connectivity index (χ0v) is 15.1. The highest BCUT2D eigenvalue weighted by Crippen LogP contribution is 2.41. The van der Waals surface area contributed by atoms with Crippen molar-refractivity contribution in [3.8, 4) is 0 Å². The Balaban J connectivity index is 1.47. The van der Waals surface area contributed by atoms with Crippen molar-refractivity contribution in [1.29, 1.82) is 0 Å². The summed E-state index contributed by atoms with van der Waals surface area (Å²) in [5, 5.41) is 0.890. The molecule has 3 heterocycles. The highest BCUT2D eigenvalue weighted by atomic mass is 32.2. The molecule has 3 unspecified atom stereocenters. The van der Waals surface area contributed by atoms with Gasteiger partial charge in [0.05, 0.1) is 23.0 Å². The maximum absolute atomic E-state index is 12.8. The van der Waals surface area contributed by atoms with Crippen molar-refractivity contribution in [1.82, 2.24) is 13.6 Å². The molecule has 8 heteroatoms. The quantitative estimate of drug-likeness (QED) is 0.716. The lowest BCUT2D eigenvalue weighted by Gasteiger charge is -2.21. The van der Waals surface area contributed by atoms with Gasteiger partial charge in [-0.05, 0) is 36.9 Å². The van der Waals surface area contributed by atoms with Gasteiger partial charge in [-0.25, -0.2) is 0 Å². The summed E-state index contributed by atoms with van der Waals surface area (Å²) in [7, 11) is 0. The third kappa shape index (κ3) is 3.71. The minimum atomic E-state index is -4.30. The normalized spacial score (nSPS) is 26.1. The van der Waals surface area contributed by atoms with E-state index in [2.05, 4.69) is 13.6 Å². The highest BCUT2D eigenvalue weighted by Gasteiger charge is 2.39. The molecule has 0 N–H and O–H groups in total. The fraction of sp³-hybridized carbons (Fsp3) is 0.529. The number of halogens is 3. The number of hydrogen-bond acceptors (Lipinski definition) is 5. The first-order chi connectivity index (χ1) is 12.0. The van der Waals surface area contributed by atoms with E-state index in [1.54, 1.807) is 6.07 Å². The summed E-state index contributed by atoms with van der Waals surface area (Å²) < 4.78 is 47.5. The van der Waals surface area contributed by atoms with E-state index >= 15 is 0 Å². The van der Waals surface area contributed by atoms with Crippen LogP contribution in [-0.4, -0.2) is 33.3 Å². The molecule has 134 valence electrons. The van der Waals surface area contributed by atoms with Crippen LogP contribution >= 0.6 is 23.5 Å². The van der Waals surface area contributed by atoms with Crippen molar-refractivity contribution >= 4 is 23.5 Å². The van der Waals surface area contributed by atoms with Gasteiger partial charge in [0.2, 0.25) is 0 Å². The smallest absolute Gasteiger partial charge is 0.302 e. The predicted octanol–water partition coefficient (Wildman–Crippen LogP) is 4.66. The highest BCUT2D eigenvalue weighted by molar-refractivity contribution is 7.98. The summed E-state index contributed by atoms with van der Waals surface area (Å²) in [6.07, 6.45) is -1.83. The molecule has 4 rings (SSSR count). The zero-order valence-electron chi connectivity index (χ0n) is 13.5. The van der Waals surface area contributed by atoms with Crippen LogP contribution in [0.4, 0.5) is 13.2 Å². The second kappa shape index (κ2) is 6.89. The Morgan fingerprint density at radius 1 is 1.24 bits per heavy atom. The molecule has 1 aromatic heterocycles. The van der Waals surface area contributed by atoms with Crippen molar-refractivity contribution in [2.24, 2.45) is 5.92 Å². The Kier molecular flexibility index (Phi) is 4.77. The van der Waals surface area contributed by atoms with Gasteiger partial charge in [0, 0.05) is 24.8 Å². The molecule has 0 amide bonds. The maximum Gasteiger partial charge on any atom is 0.416 e. The van der Waals surface area contributed by atoms with Crippen LogP contribution < -0.4 is 0 Å². The van der Waals surface area contributed by atoms with Gasteiger partial charge < -0.3 is 4.90 Å². The number of hydrogen-bond donors (Lipinski definition) is 0. The molecular formula is C17H18F3N3S2. The molecule has 0 radical (unpaired) electrons. The minimum Gasteiger partial charge on any atom is -0.302 e. The number of nitrogens with zero attached hydrogens (tertiary/aromatic N) is 3. The van der Waals surface area contributed by atoms with Gasteiger partial charge in [0.15, 0.2) is 0 Å². The lowest BCUT2D eigenvalue weighted by atomic mass is 9.89. The van der Waals surface area contributed by atoms with Crippen molar-refractivity contribution in [2.75, 3.05) is 19.6 Å². The molecule has 2 aliphatic rings. The van der Waals surface area contributed by atoms with Crippen molar-refractivity contribution in [2.45, 2.75) is 35.7 Å². The SMILES string of the molecule is FC(F)(F)c1cccc(CSc2nsnc2C2CN3CCCC2C3)c1. The molecule has 2 aromatic rings. The summed E-state index contributed by atoms with van der Waals surface area (Å²) in [5.74, 6) is 1.54. The molecule has 3 nitrogen and oxygen atoms in total. The maximum atomic E-state index is 12.8. The average molecular weight is 385 g/mol. The van der Waals surface area contributed by atoms with Crippen LogP contribution in [-0.2, 0) is 11.9 Å². The van der Waals surface area contributed by atoms with Crippen LogP contribution in [0.3, 0.4) is 0 Å². The molecule has 1 aromatic carbocycles. The summed E-state index contributed by atoms with van der Waals surface area (Å²) in [4.78, 5) is 2.49. The molecule has 2 fully saturated rings. The number of piperidine rings is 1. The van der Waals surface area contributed by atoms with Gasteiger partial charge >= 0.3 is 6.18 Å². The molecule has 2 saturated heterocycles. The van der Waals surface area contributed by atoms with E-state index in [0.29, 0.717) is 23.2 Å². The number of alkyl halides is 3. The fourth-order valence-electron chi connectivity index (χ4n) is 3.83. The van der Waals surface area contributed by atoms with Gasteiger partial charge in [-0.3, -0.25) is 0 Å².